The summed E-state index contributed by atoms with van der Waals surface area (Å²) < 4.78 is 10.7. The molecular formula is C14H25NO3. The van der Waals surface area contributed by atoms with E-state index in [-0.39, 0.29) is 6.04 Å². The Kier molecular flexibility index (Phi) is 7.01. The van der Waals surface area contributed by atoms with Crippen molar-refractivity contribution in [3.8, 4) is 0 Å². The Morgan fingerprint density at radius 3 is 2.72 bits per heavy atom. The van der Waals surface area contributed by atoms with E-state index in [4.69, 9.17) is 9.15 Å². The van der Waals surface area contributed by atoms with Crippen LogP contribution in [-0.2, 0) is 11.2 Å². The highest BCUT2D eigenvalue weighted by Crippen LogP contribution is 2.03. The topological polar surface area (TPSA) is 54.6 Å². The Bertz CT molecular complexity index is 298. The number of aliphatic hydroxyl groups is 1. The lowest BCUT2D eigenvalue weighted by Crippen LogP contribution is -2.37. The first kappa shape index (κ1) is 15.2. The zero-order chi connectivity index (χ0) is 13.4. The molecule has 0 radical (unpaired) electrons. The van der Waals surface area contributed by atoms with E-state index in [1.807, 2.05) is 12.1 Å². The molecule has 0 fully saturated rings. The van der Waals surface area contributed by atoms with Crippen molar-refractivity contribution < 1.29 is 14.3 Å². The van der Waals surface area contributed by atoms with Crippen LogP contribution in [0.5, 0.6) is 0 Å². The molecule has 0 bridgehead atoms. The van der Waals surface area contributed by atoms with Gasteiger partial charge in [-0.25, -0.2) is 0 Å². The maximum absolute atomic E-state index is 9.73. The molecular weight excluding hydrogens is 230 g/mol. The first-order valence-electron chi connectivity index (χ1n) is 6.59. The standard InChI is InChI=1S/C14H25NO3/c1-11(2)9-17-10-13(16)8-15-12(3)7-14-5-4-6-18-14/h4-6,11-13,15-16H,7-10H2,1-3H3. The van der Waals surface area contributed by atoms with E-state index < -0.39 is 6.10 Å². The van der Waals surface area contributed by atoms with Crippen LogP contribution in [0.4, 0.5) is 0 Å². The van der Waals surface area contributed by atoms with Gasteiger partial charge in [-0.1, -0.05) is 13.8 Å². The van der Waals surface area contributed by atoms with E-state index in [0.29, 0.717) is 25.7 Å². The van der Waals surface area contributed by atoms with Gasteiger partial charge in [0.1, 0.15) is 5.76 Å². The Morgan fingerprint density at radius 1 is 1.33 bits per heavy atom. The molecule has 0 aliphatic heterocycles. The van der Waals surface area contributed by atoms with Crippen LogP contribution in [0.2, 0.25) is 0 Å². The fraction of sp³-hybridized carbons (Fsp3) is 0.714. The van der Waals surface area contributed by atoms with Gasteiger partial charge in [0.05, 0.1) is 19.0 Å². The highest BCUT2D eigenvalue weighted by molar-refractivity contribution is 4.99. The third kappa shape index (κ3) is 6.79. The molecule has 4 nitrogen and oxygen atoms in total. The SMILES string of the molecule is CC(C)COCC(O)CNC(C)Cc1ccco1. The molecule has 2 unspecified atom stereocenters. The normalized spacial score (nSPS) is 14.9. The Morgan fingerprint density at radius 2 is 2.11 bits per heavy atom. The molecule has 4 heteroatoms. The monoisotopic (exact) mass is 255 g/mol. The van der Waals surface area contributed by atoms with Gasteiger partial charge in [-0.3, -0.25) is 0 Å². The van der Waals surface area contributed by atoms with Crippen molar-refractivity contribution in [2.24, 2.45) is 5.92 Å². The van der Waals surface area contributed by atoms with Crippen molar-refractivity contribution in [2.45, 2.75) is 39.3 Å². The smallest absolute Gasteiger partial charge is 0.105 e. The van der Waals surface area contributed by atoms with E-state index >= 15 is 0 Å². The third-order valence-corrected chi connectivity index (χ3v) is 2.55. The number of furan rings is 1. The molecule has 1 rings (SSSR count). The summed E-state index contributed by atoms with van der Waals surface area (Å²) in [6.45, 7) is 7.88. The van der Waals surface area contributed by atoms with Gasteiger partial charge in [0.25, 0.3) is 0 Å². The second kappa shape index (κ2) is 8.29. The van der Waals surface area contributed by atoms with Crippen molar-refractivity contribution >= 4 is 0 Å². The Labute approximate surface area is 109 Å². The minimum atomic E-state index is -0.456. The van der Waals surface area contributed by atoms with Crippen LogP contribution in [0, 0.1) is 5.92 Å². The highest BCUT2D eigenvalue weighted by atomic mass is 16.5. The summed E-state index contributed by atoms with van der Waals surface area (Å²) in [5.74, 6) is 1.46. The summed E-state index contributed by atoms with van der Waals surface area (Å²) in [5, 5.41) is 13.0. The van der Waals surface area contributed by atoms with E-state index in [2.05, 4.69) is 26.1 Å². The lowest BCUT2D eigenvalue weighted by molar-refractivity contribution is 0.0251. The van der Waals surface area contributed by atoms with Gasteiger partial charge in [-0.05, 0) is 25.0 Å². The first-order valence-corrected chi connectivity index (χ1v) is 6.59. The van der Waals surface area contributed by atoms with Crippen molar-refractivity contribution in [3.63, 3.8) is 0 Å². The van der Waals surface area contributed by atoms with E-state index in [9.17, 15) is 5.11 Å². The summed E-state index contributed by atoms with van der Waals surface area (Å²) >= 11 is 0. The molecule has 0 aliphatic carbocycles. The first-order chi connectivity index (χ1) is 8.58. The summed E-state index contributed by atoms with van der Waals surface area (Å²) in [5.41, 5.74) is 0. The van der Waals surface area contributed by atoms with Gasteiger partial charge in [0.2, 0.25) is 0 Å². The molecule has 0 aromatic carbocycles. The van der Waals surface area contributed by atoms with Gasteiger partial charge in [0, 0.05) is 25.6 Å². The molecule has 0 saturated heterocycles. The molecule has 1 heterocycles. The molecule has 2 atom stereocenters. The van der Waals surface area contributed by atoms with Crippen molar-refractivity contribution in [3.05, 3.63) is 24.2 Å². The van der Waals surface area contributed by atoms with Gasteiger partial charge >= 0.3 is 0 Å². The minimum Gasteiger partial charge on any atom is -0.469 e. The molecule has 104 valence electrons. The van der Waals surface area contributed by atoms with E-state index in [0.717, 1.165) is 12.2 Å². The average molecular weight is 255 g/mol. The zero-order valence-corrected chi connectivity index (χ0v) is 11.6. The zero-order valence-electron chi connectivity index (χ0n) is 11.6. The van der Waals surface area contributed by atoms with Crippen LogP contribution < -0.4 is 5.32 Å². The quantitative estimate of drug-likeness (QED) is 0.707. The second-order valence-corrected chi connectivity index (χ2v) is 5.18. The minimum absolute atomic E-state index is 0.274. The van der Waals surface area contributed by atoms with E-state index in [1.54, 1.807) is 6.26 Å². The van der Waals surface area contributed by atoms with Crippen LogP contribution in [0.25, 0.3) is 0 Å². The summed E-state index contributed by atoms with van der Waals surface area (Å²) in [4.78, 5) is 0. The predicted octanol–water partition coefficient (Wildman–Crippen LogP) is 1.83. The van der Waals surface area contributed by atoms with Gasteiger partial charge in [-0.15, -0.1) is 0 Å². The lowest BCUT2D eigenvalue weighted by atomic mass is 10.2. The number of hydrogen-bond donors (Lipinski definition) is 2. The Hall–Kier alpha value is -0.840. The van der Waals surface area contributed by atoms with Crippen LogP contribution >= 0.6 is 0 Å². The van der Waals surface area contributed by atoms with Gasteiger partial charge in [0.15, 0.2) is 0 Å². The summed E-state index contributed by atoms with van der Waals surface area (Å²) in [6, 6.07) is 4.12. The molecule has 0 spiro atoms. The van der Waals surface area contributed by atoms with Gasteiger partial charge < -0.3 is 19.6 Å². The number of aliphatic hydroxyl groups excluding tert-OH is 1. The molecule has 0 amide bonds. The molecule has 1 aromatic heterocycles. The van der Waals surface area contributed by atoms with Crippen LogP contribution in [-0.4, -0.2) is 37.0 Å². The highest BCUT2D eigenvalue weighted by Gasteiger charge is 2.09. The van der Waals surface area contributed by atoms with Crippen LogP contribution in [0.15, 0.2) is 22.8 Å². The van der Waals surface area contributed by atoms with Crippen molar-refractivity contribution in [1.29, 1.82) is 0 Å². The maximum atomic E-state index is 9.73. The second-order valence-electron chi connectivity index (χ2n) is 5.18. The van der Waals surface area contributed by atoms with Crippen LogP contribution in [0.1, 0.15) is 26.5 Å². The number of nitrogens with one attached hydrogen (secondary N) is 1. The van der Waals surface area contributed by atoms with Gasteiger partial charge in [-0.2, -0.15) is 0 Å². The number of hydrogen-bond acceptors (Lipinski definition) is 4. The average Bonchev–Trinajstić information content (AvgIpc) is 2.78. The fourth-order valence-corrected chi connectivity index (χ4v) is 1.64. The summed E-state index contributed by atoms with van der Waals surface area (Å²) in [6.07, 6.45) is 2.05. The molecule has 2 N–H and O–H groups in total. The number of ether oxygens (including phenoxy) is 1. The molecule has 0 aliphatic rings. The maximum Gasteiger partial charge on any atom is 0.105 e. The Balaban J connectivity index is 2.08. The number of rotatable bonds is 9. The largest absolute Gasteiger partial charge is 0.469 e. The predicted molar refractivity (Wildman–Crippen MR) is 71.5 cm³/mol. The molecule has 18 heavy (non-hydrogen) atoms. The van der Waals surface area contributed by atoms with E-state index in [1.165, 1.54) is 0 Å². The molecule has 0 saturated carbocycles. The lowest BCUT2D eigenvalue weighted by Gasteiger charge is -2.17. The van der Waals surface area contributed by atoms with Crippen molar-refractivity contribution in [2.75, 3.05) is 19.8 Å². The molecule has 1 aromatic rings. The van der Waals surface area contributed by atoms with Crippen molar-refractivity contribution in [1.82, 2.24) is 5.32 Å². The fourth-order valence-electron chi connectivity index (χ4n) is 1.64. The third-order valence-electron chi connectivity index (χ3n) is 2.55. The van der Waals surface area contributed by atoms with Crippen LogP contribution in [0.3, 0.4) is 0 Å². The summed E-state index contributed by atoms with van der Waals surface area (Å²) in [7, 11) is 0.